The number of likely N-dealkylation sites (tertiary alicyclic amines) is 1. The monoisotopic (exact) mass is 407 g/mol. The molecule has 4 rings (SSSR count). The first-order chi connectivity index (χ1) is 14.5. The molecular weight excluding hydrogens is 382 g/mol. The molecular formula is C23H25N3O4. The smallest absolute Gasteiger partial charge is 0.415 e. The molecule has 2 aromatic carbocycles. The summed E-state index contributed by atoms with van der Waals surface area (Å²) in [7, 11) is 0. The summed E-state index contributed by atoms with van der Waals surface area (Å²) in [5.41, 5.74) is 7.26. The largest absolute Gasteiger partial charge is 0.437 e. The highest BCUT2D eigenvalue weighted by atomic mass is 16.6. The maximum absolute atomic E-state index is 13.0. The van der Waals surface area contributed by atoms with Crippen LogP contribution in [0.15, 0.2) is 54.6 Å². The van der Waals surface area contributed by atoms with Gasteiger partial charge in [-0.15, -0.1) is 0 Å². The fraction of sp³-hybridized carbons (Fsp3) is 0.348. The van der Waals surface area contributed by atoms with Gasteiger partial charge in [-0.25, -0.2) is 4.79 Å². The van der Waals surface area contributed by atoms with E-state index in [2.05, 4.69) is 0 Å². The van der Waals surface area contributed by atoms with Crippen LogP contribution in [-0.4, -0.2) is 35.9 Å². The minimum atomic E-state index is -0.735. The van der Waals surface area contributed by atoms with Crippen molar-refractivity contribution < 1.29 is 19.1 Å². The molecule has 2 heterocycles. The summed E-state index contributed by atoms with van der Waals surface area (Å²) < 4.78 is 6.03. The fourth-order valence-corrected chi connectivity index (χ4v) is 4.26. The molecule has 30 heavy (non-hydrogen) atoms. The van der Waals surface area contributed by atoms with Crippen molar-refractivity contribution >= 4 is 23.6 Å². The van der Waals surface area contributed by atoms with E-state index in [0.717, 1.165) is 16.8 Å². The zero-order valence-electron chi connectivity index (χ0n) is 16.8. The van der Waals surface area contributed by atoms with Gasteiger partial charge >= 0.3 is 6.09 Å². The Morgan fingerprint density at radius 1 is 0.967 bits per heavy atom. The van der Waals surface area contributed by atoms with Crippen LogP contribution < -0.4 is 10.6 Å². The third-order valence-corrected chi connectivity index (χ3v) is 5.88. The number of rotatable bonds is 5. The van der Waals surface area contributed by atoms with Crippen LogP contribution in [0.5, 0.6) is 0 Å². The molecule has 156 valence electrons. The topological polar surface area (TPSA) is 92.9 Å². The average molecular weight is 407 g/mol. The quantitative estimate of drug-likeness (QED) is 0.825. The number of para-hydroxylation sites is 1. The van der Waals surface area contributed by atoms with Gasteiger partial charge < -0.3 is 15.4 Å². The minimum absolute atomic E-state index is 0.0484. The van der Waals surface area contributed by atoms with Crippen molar-refractivity contribution in [2.75, 3.05) is 18.0 Å². The molecule has 0 bridgehead atoms. The zero-order chi connectivity index (χ0) is 21.1. The zero-order valence-corrected chi connectivity index (χ0v) is 16.8. The number of benzene rings is 2. The van der Waals surface area contributed by atoms with E-state index in [0.29, 0.717) is 32.5 Å². The summed E-state index contributed by atoms with van der Waals surface area (Å²) in [6.07, 6.45) is 0.844. The van der Waals surface area contributed by atoms with Gasteiger partial charge in [-0.2, -0.15) is 0 Å². The highest BCUT2D eigenvalue weighted by Gasteiger charge is 2.47. The first-order valence-corrected chi connectivity index (χ1v) is 10.2. The summed E-state index contributed by atoms with van der Waals surface area (Å²) in [4.78, 5) is 39.7. The van der Waals surface area contributed by atoms with E-state index in [1.165, 1.54) is 0 Å². The molecule has 1 spiro atoms. The van der Waals surface area contributed by atoms with Crippen molar-refractivity contribution in [2.24, 2.45) is 5.73 Å². The lowest BCUT2D eigenvalue weighted by atomic mass is 9.81. The highest BCUT2D eigenvalue weighted by molar-refractivity contribution is 5.91. The SMILES string of the molecule is NC(=O)CCC(=O)N1CCC2(CC1)OC(=O)N(Cc1ccccc1)c1ccccc12. The van der Waals surface area contributed by atoms with Gasteiger partial charge in [-0.05, 0) is 11.6 Å². The van der Waals surface area contributed by atoms with Crippen molar-refractivity contribution in [3.8, 4) is 0 Å². The summed E-state index contributed by atoms with van der Waals surface area (Å²) in [5.74, 6) is -0.574. The number of carbonyl (C=O) groups is 3. The molecule has 7 heteroatoms. The first-order valence-electron chi connectivity index (χ1n) is 10.2. The maximum atomic E-state index is 13.0. The van der Waals surface area contributed by atoms with E-state index in [4.69, 9.17) is 10.5 Å². The van der Waals surface area contributed by atoms with Crippen molar-refractivity contribution in [1.29, 1.82) is 0 Å². The second kappa shape index (κ2) is 8.18. The van der Waals surface area contributed by atoms with Gasteiger partial charge in [0.2, 0.25) is 11.8 Å². The summed E-state index contributed by atoms with van der Waals surface area (Å²) in [5, 5.41) is 0. The Morgan fingerprint density at radius 3 is 2.33 bits per heavy atom. The molecule has 2 aliphatic heterocycles. The fourth-order valence-electron chi connectivity index (χ4n) is 4.26. The van der Waals surface area contributed by atoms with Gasteiger partial charge in [0.1, 0.15) is 5.60 Å². The average Bonchev–Trinajstić information content (AvgIpc) is 2.76. The molecule has 3 amide bonds. The maximum Gasteiger partial charge on any atom is 0.415 e. The Morgan fingerprint density at radius 2 is 1.63 bits per heavy atom. The summed E-state index contributed by atoms with van der Waals surface area (Å²) >= 11 is 0. The molecule has 0 aliphatic carbocycles. The van der Waals surface area contributed by atoms with Crippen molar-refractivity contribution in [1.82, 2.24) is 4.90 Å². The highest BCUT2D eigenvalue weighted by Crippen LogP contribution is 2.45. The Kier molecular flexibility index (Phi) is 5.44. The number of carbonyl (C=O) groups excluding carboxylic acids is 3. The van der Waals surface area contributed by atoms with E-state index in [9.17, 15) is 14.4 Å². The number of ether oxygens (including phenoxy) is 1. The Bertz CT molecular complexity index is 952. The number of primary amides is 1. The van der Waals surface area contributed by atoms with Crippen LogP contribution in [0.3, 0.4) is 0 Å². The number of nitrogens with zero attached hydrogens (tertiary/aromatic N) is 2. The molecule has 0 radical (unpaired) electrons. The first kappa shape index (κ1) is 19.9. The Hall–Kier alpha value is -3.35. The van der Waals surface area contributed by atoms with Gasteiger partial charge in [0, 0.05) is 44.3 Å². The number of amides is 3. The molecule has 2 aromatic rings. The predicted molar refractivity (Wildman–Crippen MR) is 111 cm³/mol. The van der Waals surface area contributed by atoms with Gasteiger partial charge in [0.15, 0.2) is 0 Å². The van der Waals surface area contributed by atoms with E-state index in [-0.39, 0.29) is 24.8 Å². The molecule has 0 unspecified atom stereocenters. The predicted octanol–water partition coefficient (Wildman–Crippen LogP) is 2.93. The lowest BCUT2D eigenvalue weighted by Gasteiger charge is -2.46. The van der Waals surface area contributed by atoms with Crippen LogP contribution in [0.4, 0.5) is 10.5 Å². The van der Waals surface area contributed by atoms with Crippen LogP contribution in [-0.2, 0) is 26.5 Å². The lowest BCUT2D eigenvalue weighted by Crippen LogP contribution is -2.52. The number of hydrogen-bond donors (Lipinski definition) is 1. The van der Waals surface area contributed by atoms with E-state index in [1.54, 1.807) is 9.80 Å². The number of hydrogen-bond acceptors (Lipinski definition) is 4. The molecule has 1 saturated heterocycles. The molecule has 0 atom stereocenters. The number of nitrogens with two attached hydrogens (primary N) is 1. The van der Waals surface area contributed by atoms with Crippen LogP contribution in [0, 0.1) is 0 Å². The molecule has 0 saturated carbocycles. The van der Waals surface area contributed by atoms with Crippen LogP contribution >= 0.6 is 0 Å². The Labute approximate surface area is 175 Å². The van der Waals surface area contributed by atoms with Crippen molar-refractivity contribution in [3.63, 3.8) is 0 Å². The number of piperidine rings is 1. The third-order valence-electron chi connectivity index (χ3n) is 5.88. The van der Waals surface area contributed by atoms with Crippen LogP contribution in [0.25, 0.3) is 0 Å². The van der Waals surface area contributed by atoms with Gasteiger partial charge in [0.05, 0.1) is 12.2 Å². The number of anilines is 1. The Balaban J connectivity index is 1.54. The molecule has 7 nitrogen and oxygen atoms in total. The van der Waals surface area contributed by atoms with Gasteiger partial charge in [-0.3, -0.25) is 14.5 Å². The molecule has 2 N–H and O–H groups in total. The van der Waals surface area contributed by atoms with E-state index in [1.807, 2.05) is 54.6 Å². The third kappa shape index (κ3) is 3.87. The summed E-state index contributed by atoms with van der Waals surface area (Å²) in [6, 6.07) is 17.6. The van der Waals surface area contributed by atoms with E-state index < -0.39 is 11.5 Å². The minimum Gasteiger partial charge on any atom is -0.437 e. The molecule has 0 aromatic heterocycles. The normalized spacial score (nSPS) is 17.4. The van der Waals surface area contributed by atoms with Crippen LogP contribution in [0.1, 0.15) is 36.8 Å². The number of fused-ring (bicyclic) bond motifs is 2. The van der Waals surface area contributed by atoms with Crippen LogP contribution in [0.2, 0.25) is 0 Å². The standard InChI is InChI=1S/C23H25N3O4/c24-20(27)10-11-21(28)25-14-12-23(13-15-25)18-8-4-5-9-19(18)26(22(29)30-23)16-17-6-2-1-3-7-17/h1-9H,10-16H2,(H2,24,27). The van der Waals surface area contributed by atoms with Crippen molar-refractivity contribution in [3.05, 3.63) is 65.7 Å². The van der Waals surface area contributed by atoms with Gasteiger partial charge in [0.25, 0.3) is 0 Å². The second-order valence-corrected chi connectivity index (χ2v) is 7.80. The van der Waals surface area contributed by atoms with E-state index >= 15 is 0 Å². The molecule has 1 fully saturated rings. The summed E-state index contributed by atoms with van der Waals surface area (Å²) in [6.45, 7) is 1.38. The lowest BCUT2D eigenvalue weighted by molar-refractivity contribution is -0.137. The van der Waals surface area contributed by atoms with Crippen molar-refractivity contribution in [2.45, 2.75) is 37.8 Å². The molecule has 2 aliphatic rings. The van der Waals surface area contributed by atoms with Gasteiger partial charge in [-0.1, -0.05) is 48.5 Å². The second-order valence-electron chi connectivity index (χ2n) is 7.80.